The molecule has 2 aromatic carbocycles. The van der Waals surface area contributed by atoms with Crippen LogP contribution < -0.4 is 4.74 Å². The predicted octanol–water partition coefficient (Wildman–Crippen LogP) is 4.74. The molecule has 0 aromatic heterocycles. The fourth-order valence-electron chi connectivity index (χ4n) is 1.62. The quantitative estimate of drug-likeness (QED) is 0.433. The third-order valence-corrected chi connectivity index (χ3v) is 3.78. The molecule has 1 nitrogen and oxygen atoms in total. The molecular weight excluding hydrogens is 283 g/mol. The first kappa shape index (κ1) is 14.2. The molecule has 19 heavy (non-hydrogen) atoms. The fraction of sp³-hybridized carbons (Fsp3) is 0.200. The van der Waals surface area contributed by atoms with Crippen molar-refractivity contribution in [2.75, 3.05) is 12.4 Å². The van der Waals surface area contributed by atoms with Gasteiger partial charge in [0.05, 0.1) is 12.5 Å². The Hall–Kier alpha value is -1.19. The van der Waals surface area contributed by atoms with Gasteiger partial charge in [0.2, 0.25) is 0 Å². The number of thioether (sulfide) groups is 1. The van der Waals surface area contributed by atoms with E-state index in [-0.39, 0.29) is 11.7 Å². The molecule has 0 fully saturated rings. The topological polar surface area (TPSA) is 9.23 Å². The van der Waals surface area contributed by atoms with Gasteiger partial charge in [0, 0.05) is 16.2 Å². The summed E-state index contributed by atoms with van der Waals surface area (Å²) >= 11 is 7.49. The molecule has 0 radical (unpaired) electrons. The highest BCUT2D eigenvalue weighted by Crippen LogP contribution is 2.22. The summed E-state index contributed by atoms with van der Waals surface area (Å²) in [6.45, 7) is 0.565. The van der Waals surface area contributed by atoms with Gasteiger partial charge in [0.25, 0.3) is 0 Å². The SMILES string of the molecule is Fc1ccc(OCCSc2ccccc2)c(CCl)c1. The van der Waals surface area contributed by atoms with Crippen LogP contribution in [0.1, 0.15) is 5.56 Å². The van der Waals surface area contributed by atoms with Crippen molar-refractivity contribution in [2.45, 2.75) is 10.8 Å². The molecule has 0 aliphatic rings. The van der Waals surface area contributed by atoms with E-state index >= 15 is 0 Å². The van der Waals surface area contributed by atoms with E-state index < -0.39 is 0 Å². The Bertz CT molecular complexity index is 519. The van der Waals surface area contributed by atoms with Gasteiger partial charge in [-0.05, 0) is 30.3 Å². The Kier molecular flexibility index (Phi) is 5.55. The lowest BCUT2D eigenvalue weighted by atomic mass is 10.2. The molecule has 0 atom stereocenters. The van der Waals surface area contributed by atoms with Crippen molar-refractivity contribution in [3.8, 4) is 5.75 Å². The van der Waals surface area contributed by atoms with Crippen LogP contribution in [0.2, 0.25) is 0 Å². The van der Waals surface area contributed by atoms with Gasteiger partial charge < -0.3 is 4.74 Å². The molecule has 0 heterocycles. The number of ether oxygens (including phenoxy) is 1. The van der Waals surface area contributed by atoms with Crippen LogP contribution in [0.3, 0.4) is 0 Å². The predicted molar refractivity (Wildman–Crippen MR) is 78.6 cm³/mol. The number of benzene rings is 2. The van der Waals surface area contributed by atoms with Crippen molar-refractivity contribution < 1.29 is 9.13 Å². The van der Waals surface area contributed by atoms with Gasteiger partial charge in [0.1, 0.15) is 11.6 Å². The molecule has 0 spiro atoms. The highest BCUT2D eigenvalue weighted by atomic mass is 35.5. The largest absolute Gasteiger partial charge is 0.492 e. The highest BCUT2D eigenvalue weighted by molar-refractivity contribution is 7.99. The standard InChI is InChI=1S/C15H14ClFOS/c16-11-12-10-13(17)6-7-15(12)18-8-9-19-14-4-2-1-3-5-14/h1-7,10H,8-9,11H2. The van der Waals surface area contributed by atoms with E-state index in [0.717, 1.165) is 5.75 Å². The Morgan fingerprint density at radius 2 is 1.89 bits per heavy atom. The minimum absolute atomic E-state index is 0.249. The molecule has 0 amide bonds. The number of alkyl halides is 1. The zero-order chi connectivity index (χ0) is 13.5. The Labute approximate surface area is 121 Å². The van der Waals surface area contributed by atoms with Crippen LogP contribution in [0.25, 0.3) is 0 Å². The van der Waals surface area contributed by atoms with E-state index in [2.05, 4.69) is 12.1 Å². The van der Waals surface area contributed by atoms with E-state index in [0.29, 0.717) is 17.9 Å². The smallest absolute Gasteiger partial charge is 0.123 e. The van der Waals surface area contributed by atoms with Gasteiger partial charge in [-0.2, -0.15) is 0 Å². The van der Waals surface area contributed by atoms with Crippen molar-refractivity contribution in [3.05, 3.63) is 59.9 Å². The molecule has 0 saturated carbocycles. The lowest BCUT2D eigenvalue weighted by Gasteiger charge is -2.09. The van der Waals surface area contributed by atoms with Crippen molar-refractivity contribution in [2.24, 2.45) is 0 Å². The molecule has 0 saturated heterocycles. The van der Waals surface area contributed by atoms with E-state index in [4.69, 9.17) is 16.3 Å². The lowest BCUT2D eigenvalue weighted by molar-refractivity contribution is 0.340. The first-order valence-electron chi connectivity index (χ1n) is 5.94. The van der Waals surface area contributed by atoms with Crippen LogP contribution in [-0.2, 0) is 5.88 Å². The zero-order valence-electron chi connectivity index (χ0n) is 10.3. The van der Waals surface area contributed by atoms with E-state index in [1.54, 1.807) is 17.8 Å². The average Bonchev–Trinajstić information content (AvgIpc) is 2.46. The molecule has 2 rings (SSSR count). The summed E-state index contributed by atoms with van der Waals surface area (Å²) in [5.74, 6) is 1.45. The van der Waals surface area contributed by atoms with E-state index in [1.165, 1.54) is 17.0 Å². The maximum Gasteiger partial charge on any atom is 0.123 e. The van der Waals surface area contributed by atoms with Gasteiger partial charge in [0.15, 0.2) is 0 Å². The van der Waals surface area contributed by atoms with Crippen molar-refractivity contribution in [3.63, 3.8) is 0 Å². The molecule has 0 N–H and O–H groups in total. The minimum atomic E-state index is -0.290. The van der Waals surface area contributed by atoms with Crippen molar-refractivity contribution in [1.29, 1.82) is 0 Å². The van der Waals surface area contributed by atoms with Crippen LogP contribution in [0, 0.1) is 5.82 Å². The summed E-state index contributed by atoms with van der Waals surface area (Å²) in [6, 6.07) is 14.6. The maximum absolute atomic E-state index is 13.0. The second kappa shape index (κ2) is 7.41. The van der Waals surface area contributed by atoms with Crippen molar-refractivity contribution in [1.82, 2.24) is 0 Å². The minimum Gasteiger partial charge on any atom is -0.492 e. The monoisotopic (exact) mass is 296 g/mol. The zero-order valence-corrected chi connectivity index (χ0v) is 11.9. The van der Waals surface area contributed by atoms with Gasteiger partial charge in [-0.25, -0.2) is 4.39 Å². The number of halogens is 2. The van der Waals surface area contributed by atoms with Crippen LogP contribution in [-0.4, -0.2) is 12.4 Å². The molecule has 0 aliphatic heterocycles. The van der Waals surface area contributed by atoms with Crippen LogP contribution in [0.15, 0.2) is 53.4 Å². The number of hydrogen-bond donors (Lipinski definition) is 0. The number of hydrogen-bond acceptors (Lipinski definition) is 2. The summed E-state index contributed by atoms with van der Waals surface area (Å²) in [4.78, 5) is 1.21. The molecule has 0 aliphatic carbocycles. The fourth-order valence-corrected chi connectivity index (χ4v) is 2.58. The Balaban J connectivity index is 1.83. The summed E-state index contributed by atoms with van der Waals surface area (Å²) < 4.78 is 18.7. The first-order valence-corrected chi connectivity index (χ1v) is 7.46. The summed E-state index contributed by atoms with van der Waals surface area (Å²) in [7, 11) is 0. The summed E-state index contributed by atoms with van der Waals surface area (Å²) in [5.41, 5.74) is 0.686. The van der Waals surface area contributed by atoms with Gasteiger partial charge in [-0.1, -0.05) is 18.2 Å². The molecular formula is C15H14ClFOS. The van der Waals surface area contributed by atoms with Crippen LogP contribution >= 0.6 is 23.4 Å². The van der Waals surface area contributed by atoms with Crippen molar-refractivity contribution >= 4 is 23.4 Å². The molecule has 4 heteroatoms. The first-order chi connectivity index (χ1) is 9.29. The van der Waals surface area contributed by atoms with E-state index in [9.17, 15) is 4.39 Å². The molecule has 100 valence electrons. The third kappa shape index (κ3) is 4.44. The van der Waals surface area contributed by atoms with Gasteiger partial charge in [-0.15, -0.1) is 23.4 Å². The number of rotatable bonds is 6. The Morgan fingerprint density at radius 3 is 2.63 bits per heavy atom. The summed E-state index contributed by atoms with van der Waals surface area (Å²) in [6.07, 6.45) is 0. The maximum atomic E-state index is 13.0. The van der Waals surface area contributed by atoms with Gasteiger partial charge in [-0.3, -0.25) is 0 Å². The molecule has 0 unspecified atom stereocenters. The van der Waals surface area contributed by atoms with Crippen LogP contribution in [0.5, 0.6) is 5.75 Å². The van der Waals surface area contributed by atoms with Crippen LogP contribution in [0.4, 0.5) is 4.39 Å². The lowest BCUT2D eigenvalue weighted by Crippen LogP contribution is -2.02. The Morgan fingerprint density at radius 1 is 1.11 bits per heavy atom. The third-order valence-electron chi connectivity index (χ3n) is 2.52. The highest BCUT2D eigenvalue weighted by Gasteiger charge is 2.04. The molecule has 0 bridgehead atoms. The normalized spacial score (nSPS) is 10.4. The second-order valence-corrected chi connectivity index (χ2v) is 5.33. The summed E-state index contributed by atoms with van der Waals surface area (Å²) in [5, 5.41) is 0. The van der Waals surface area contributed by atoms with Gasteiger partial charge >= 0.3 is 0 Å². The average molecular weight is 297 g/mol. The molecule has 2 aromatic rings. The second-order valence-electron chi connectivity index (χ2n) is 3.90. The van der Waals surface area contributed by atoms with E-state index in [1.807, 2.05) is 18.2 Å².